The molecular formula is C8H16N2O3. The number of nitrogens with one attached hydrogen (secondary N) is 1. The Morgan fingerprint density at radius 3 is 2.46 bits per heavy atom. The summed E-state index contributed by atoms with van der Waals surface area (Å²) >= 11 is 0. The van der Waals surface area contributed by atoms with Crippen LogP contribution < -0.4 is 5.48 Å². The Hall–Kier alpha value is -0.940. The van der Waals surface area contributed by atoms with Gasteiger partial charge in [-0.1, -0.05) is 12.1 Å². The van der Waals surface area contributed by atoms with Gasteiger partial charge in [-0.05, 0) is 20.3 Å². The maximum Gasteiger partial charge on any atom is 0.331 e. The van der Waals surface area contributed by atoms with E-state index in [9.17, 15) is 4.79 Å². The van der Waals surface area contributed by atoms with Gasteiger partial charge < -0.3 is 10.0 Å². The topological polar surface area (TPSA) is 70.9 Å². The van der Waals surface area contributed by atoms with Gasteiger partial charge in [0, 0.05) is 6.92 Å². The lowest BCUT2D eigenvalue weighted by Crippen LogP contribution is -2.44. The molecule has 0 rings (SSSR count). The fourth-order valence-corrected chi connectivity index (χ4v) is 0.805. The molecule has 0 amide bonds. The first-order valence-electron chi connectivity index (χ1n) is 4.10. The predicted octanol–water partition coefficient (Wildman–Crippen LogP) is 1.07. The third-order valence-electron chi connectivity index (χ3n) is 1.62. The van der Waals surface area contributed by atoms with Crippen molar-refractivity contribution in [2.75, 3.05) is 0 Å². The molecule has 0 aliphatic heterocycles. The molecule has 0 saturated heterocycles. The molecule has 13 heavy (non-hydrogen) atoms. The number of oxime groups is 1. The van der Waals surface area contributed by atoms with Crippen LogP contribution in [0.5, 0.6) is 0 Å². The first-order valence-corrected chi connectivity index (χ1v) is 4.10. The van der Waals surface area contributed by atoms with Crippen LogP contribution in [-0.4, -0.2) is 22.4 Å². The molecule has 0 spiro atoms. The van der Waals surface area contributed by atoms with Crippen LogP contribution in [0.15, 0.2) is 5.16 Å². The third-order valence-corrected chi connectivity index (χ3v) is 1.62. The quantitative estimate of drug-likeness (QED) is 0.393. The Kier molecular flexibility index (Phi) is 4.58. The van der Waals surface area contributed by atoms with Gasteiger partial charge in [-0.15, -0.1) is 0 Å². The van der Waals surface area contributed by atoms with Crippen molar-refractivity contribution >= 4 is 11.7 Å². The molecule has 0 saturated carbocycles. The van der Waals surface area contributed by atoms with Crippen molar-refractivity contribution < 1.29 is 14.8 Å². The Balaban J connectivity index is 4.49. The summed E-state index contributed by atoms with van der Waals surface area (Å²) in [6.07, 6.45) is 0.591. The minimum absolute atomic E-state index is 0.473. The maximum absolute atomic E-state index is 10.5. The van der Waals surface area contributed by atoms with Gasteiger partial charge in [0.25, 0.3) is 0 Å². The highest BCUT2D eigenvalue weighted by Crippen LogP contribution is 2.08. The Morgan fingerprint density at radius 2 is 2.15 bits per heavy atom. The Labute approximate surface area is 77.7 Å². The van der Waals surface area contributed by atoms with Crippen molar-refractivity contribution in [1.29, 1.82) is 0 Å². The van der Waals surface area contributed by atoms with Crippen molar-refractivity contribution in [3.63, 3.8) is 0 Å². The van der Waals surface area contributed by atoms with E-state index in [0.717, 1.165) is 0 Å². The smallest absolute Gasteiger partial charge is 0.319 e. The third kappa shape index (κ3) is 4.00. The summed E-state index contributed by atoms with van der Waals surface area (Å²) in [6, 6.07) is 0. The van der Waals surface area contributed by atoms with E-state index >= 15 is 0 Å². The normalized spacial score (nSPS) is 12.8. The minimum atomic E-state index is -0.676. The molecule has 5 heteroatoms. The molecule has 0 aliphatic rings. The number of rotatable bonds is 4. The van der Waals surface area contributed by atoms with Gasteiger partial charge in [0.1, 0.15) is 0 Å². The van der Waals surface area contributed by atoms with Crippen LogP contribution >= 0.6 is 0 Å². The number of carbonyl (C=O) groups excluding carboxylic acids is 1. The highest BCUT2D eigenvalue weighted by molar-refractivity contribution is 5.92. The zero-order valence-corrected chi connectivity index (χ0v) is 8.42. The molecule has 0 aromatic rings. The van der Waals surface area contributed by atoms with Gasteiger partial charge >= 0.3 is 5.97 Å². The zero-order valence-electron chi connectivity index (χ0n) is 8.42. The molecule has 76 valence electrons. The SMILES string of the molecule is CC/C(=N\OC(C)=O)C(C)(C)NO. The van der Waals surface area contributed by atoms with Gasteiger partial charge in [0.05, 0.1) is 11.3 Å². The summed E-state index contributed by atoms with van der Waals surface area (Å²) in [4.78, 5) is 14.9. The molecule has 0 bridgehead atoms. The molecule has 0 aromatic heterocycles. The largest absolute Gasteiger partial charge is 0.331 e. The van der Waals surface area contributed by atoms with Gasteiger partial charge in [0.2, 0.25) is 0 Å². The highest BCUT2D eigenvalue weighted by atomic mass is 16.7. The summed E-state index contributed by atoms with van der Waals surface area (Å²) in [5, 5.41) is 12.4. The van der Waals surface area contributed by atoms with E-state index in [-0.39, 0.29) is 0 Å². The van der Waals surface area contributed by atoms with Gasteiger partial charge in [-0.25, -0.2) is 4.79 Å². The van der Waals surface area contributed by atoms with Crippen LogP contribution in [0.1, 0.15) is 34.1 Å². The maximum atomic E-state index is 10.5. The number of carbonyl (C=O) groups is 1. The zero-order chi connectivity index (χ0) is 10.5. The van der Waals surface area contributed by atoms with Crippen LogP contribution in [-0.2, 0) is 9.63 Å². The van der Waals surface area contributed by atoms with Crippen molar-refractivity contribution in [2.24, 2.45) is 5.16 Å². The molecule has 0 unspecified atom stereocenters. The monoisotopic (exact) mass is 188 g/mol. The second-order valence-corrected chi connectivity index (χ2v) is 3.21. The second-order valence-electron chi connectivity index (χ2n) is 3.21. The number of hydroxylamine groups is 1. The highest BCUT2D eigenvalue weighted by Gasteiger charge is 2.23. The van der Waals surface area contributed by atoms with E-state index in [2.05, 4.69) is 15.5 Å². The second kappa shape index (κ2) is 4.94. The van der Waals surface area contributed by atoms with Crippen LogP contribution in [0, 0.1) is 0 Å². The summed E-state index contributed by atoms with van der Waals surface area (Å²) in [7, 11) is 0. The van der Waals surface area contributed by atoms with Crippen LogP contribution in [0.2, 0.25) is 0 Å². The Morgan fingerprint density at radius 1 is 1.62 bits per heavy atom. The lowest BCUT2D eigenvalue weighted by atomic mass is 9.98. The summed E-state index contributed by atoms with van der Waals surface area (Å²) < 4.78 is 0. The number of hydrogen-bond acceptors (Lipinski definition) is 5. The molecule has 0 heterocycles. The number of hydrogen-bond donors (Lipinski definition) is 2. The van der Waals surface area contributed by atoms with E-state index in [4.69, 9.17) is 5.21 Å². The molecule has 0 aromatic carbocycles. The van der Waals surface area contributed by atoms with E-state index in [1.165, 1.54) is 6.92 Å². The van der Waals surface area contributed by atoms with Crippen LogP contribution in [0.25, 0.3) is 0 Å². The first-order chi connectivity index (χ1) is 5.94. The lowest BCUT2D eigenvalue weighted by molar-refractivity contribution is -0.141. The molecular weight excluding hydrogens is 172 g/mol. The fraction of sp³-hybridized carbons (Fsp3) is 0.750. The van der Waals surface area contributed by atoms with E-state index in [1.54, 1.807) is 13.8 Å². The van der Waals surface area contributed by atoms with Crippen LogP contribution in [0.3, 0.4) is 0 Å². The molecule has 0 radical (unpaired) electrons. The van der Waals surface area contributed by atoms with Gasteiger partial charge in [0.15, 0.2) is 0 Å². The van der Waals surface area contributed by atoms with Crippen molar-refractivity contribution in [1.82, 2.24) is 5.48 Å². The van der Waals surface area contributed by atoms with E-state index < -0.39 is 11.5 Å². The Bertz CT molecular complexity index is 211. The predicted molar refractivity (Wildman–Crippen MR) is 48.5 cm³/mol. The first kappa shape index (κ1) is 12.1. The molecule has 0 aliphatic carbocycles. The molecule has 5 nitrogen and oxygen atoms in total. The summed E-state index contributed by atoms with van der Waals surface area (Å²) in [5.74, 6) is -0.473. The lowest BCUT2D eigenvalue weighted by Gasteiger charge is -2.22. The average Bonchev–Trinajstić information content (AvgIpc) is 2.04. The number of nitrogens with zero attached hydrogens (tertiary/aromatic N) is 1. The van der Waals surface area contributed by atoms with Crippen molar-refractivity contribution in [3.8, 4) is 0 Å². The van der Waals surface area contributed by atoms with Crippen molar-refractivity contribution in [2.45, 2.75) is 39.7 Å². The standard InChI is InChI=1S/C8H16N2O3/c1-5-7(8(3,4)10-12)9-13-6(2)11/h10,12H,5H2,1-4H3/b9-7+. The molecule has 0 atom stereocenters. The fourth-order valence-electron chi connectivity index (χ4n) is 0.805. The van der Waals surface area contributed by atoms with E-state index in [0.29, 0.717) is 12.1 Å². The molecule has 0 fully saturated rings. The molecule has 2 N–H and O–H groups in total. The summed E-state index contributed by atoms with van der Waals surface area (Å²) in [6.45, 7) is 6.61. The van der Waals surface area contributed by atoms with Crippen molar-refractivity contribution in [3.05, 3.63) is 0 Å². The summed E-state index contributed by atoms with van der Waals surface area (Å²) in [5.41, 5.74) is 1.99. The average molecular weight is 188 g/mol. The van der Waals surface area contributed by atoms with Crippen LogP contribution in [0.4, 0.5) is 0 Å². The van der Waals surface area contributed by atoms with Gasteiger partial charge in [-0.2, -0.15) is 5.48 Å². The minimum Gasteiger partial charge on any atom is -0.319 e. The van der Waals surface area contributed by atoms with E-state index in [1.807, 2.05) is 6.92 Å². The van der Waals surface area contributed by atoms with Gasteiger partial charge in [-0.3, -0.25) is 0 Å².